The van der Waals surface area contributed by atoms with E-state index in [-0.39, 0.29) is 0 Å². The van der Waals surface area contributed by atoms with E-state index in [4.69, 9.17) is 0 Å². The highest BCUT2D eigenvalue weighted by atomic mass is 32.2. The van der Waals surface area contributed by atoms with Gasteiger partial charge in [-0.3, -0.25) is 9.20 Å². The van der Waals surface area contributed by atoms with E-state index in [1.54, 1.807) is 7.05 Å². The van der Waals surface area contributed by atoms with Crippen LogP contribution in [0.15, 0.2) is 64.5 Å². The Labute approximate surface area is 168 Å². The Morgan fingerprint density at radius 2 is 1.79 bits per heavy atom. The van der Waals surface area contributed by atoms with Crippen molar-refractivity contribution in [2.24, 2.45) is 4.99 Å². The average Bonchev–Trinajstić information content (AvgIpc) is 3.05. The molecule has 0 amide bonds. The summed E-state index contributed by atoms with van der Waals surface area (Å²) in [6, 6.07) is 17.7. The summed E-state index contributed by atoms with van der Waals surface area (Å²) in [5, 5.41) is 6.55. The highest BCUT2D eigenvalue weighted by Crippen LogP contribution is 2.15. The van der Waals surface area contributed by atoms with Crippen LogP contribution in [0.2, 0.25) is 0 Å². The summed E-state index contributed by atoms with van der Waals surface area (Å²) in [6.45, 7) is 4.34. The van der Waals surface area contributed by atoms with Crippen molar-refractivity contribution >= 4 is 27.8 Å². The number of nitrogens with one attached hydrogen (secondary N) is 2. The Balaban J connectivity index is 1.41. The zero-order valence-corrected chi connectivity index (χ0v) is 17.2. The first-order chi connectivity index (χ1) is 13.7. The van der Waals surface area contributed by atoms with Crippen LogP contribution in [0.25, 0.3) is 11.0 Å². The number of rotatable bonds is 8. The lowest BCUT2D eigenvalue weighted by Gasteiger charge is -2.12. The zero-order chi connectivity index (χ0) is 19.8. The number of aryl methyl sites for hydroxylation is 2. The molecular weight excluding hydrogens is 370 g/mol. The summed E-state index contributed by atoms with van der Waals surface area (Å²) in [4.78, 5) is 9.70. The molecule has 0 saturated heterocycles. The molecule has 148 valence electrons. The minimum Gasteiger partial charge on any atom is -0.356 e. The Morgan fingerprint density at radius 3 is 2.57 bits per heavy atom. The molecular formula is C21H27N5OS. The second-order valence-corrected chi connectivity index (χ2v) is 8.01. The van der Waals surface area contributed by atoms with Crippen LogP contribution in [-0.4, -0.2) is 45.6 Å². The van der Waals surface area contributed by atoms with Crippen molar-refractivity contribution in [2.75, 3.05) is 25.9 Å². The highest BCUT2D eigenvalue weighted by Gasteiger charge is 2.07. The van der Waals surface area contributed by atoms with Crippen LogP contribution in [-0.2, 0) is 17.3 Å². The Morgan fingerprint density at radius 1 is 1.07 bits per heavy atom. The van der Waals surface area contributed by atoms with Gasteiger partial charge in [-0.15, -0.1) is 0 Å². The molecule has 0 aliphatic heterocycles. The van der Waals surface area contributed by atoms with Crippen molar-refractivity contribution in [1.82, 2.24) is 20.2 Å². The van der Waals surface area contributed by atoms with Gasteiger partial charge in [0.1, 0.15) is 5.82 Å². The monoisotopic (exact) mass is 397 g/mol. The lowest BCUT2D eigenvalue weighted by Crippen LogP contribution is -2.39. The van der Waals surface area contributed by atoms with Crippen molar-refractivity contribution in [3.05, 3.63) is 60.4 Å². The van der Waals surface area contributed by atoms with Crippen LogP contribution >= 0.6 is 0 Å². The summed E-state index contributed by atoms with van der Waals surface area (Å²) in [5.74, 6) is 2.31. The van der Waals surface area contributed by atoms with Gasteiger partial charge in [-0.1, -0.05) is 30.3 Å². The Bertz CT molecular complexity index is 952. The quantitative estimate of drug-likeness (QED) is 0.348. The molecule has 1 aromatic heterocycles. The van der Waals surface area contributed by atoms with E-state index in [0.717, 1.165) is 41.7 Å². The van der Waals surface area contributed by atoms with Crippen LogP contribution < -0.4 is 10.6 Å². The molecule has 2 aromatic carbocycles. The second kappa shape index (κ2) is 10.0. The van der Waals surface area contributed by atoms with Crippen LogP contribution in [0.4, 0.5) is 0 Å². The largest absolute Gasteiger partial charge is 0.356 e. The van der Waals surface area contributed by atoms with Gasteiger partial charge in [0.2, 0.25) is 0 Å². The van der Waals surface area contributed by atoms with Gasteiger partial charge in [-0.2, -0.15) is 0 Å². The predicted octanol–water partition coefficient (Wildman–Crippen LogP) is 2.71. The zero-order valence-electron chi connectivity index (χ0n) is 16.4. The fraction of sp³-hybridized carbons (Fsp3) is 0.333. The highest BCUT2D eigenvalue weighted by molar-refractivity contribution is 7.85. The molecule has 0 spiro atoms. The van der Waals surface area contributed by atoms with Crippen molar-refractivity contribution in [3.8, 4) is 0 Å². The van der Waals surface area contributed by atoms with Gasteiger partial charge in [-0.05, 0) is 37.6 Å². The van der Waals surface area contributed by atoms with Crippen LogP contribution in [0.1, 0.15) is 12.2 Å². The minimum absolute atomic E-state index is 0.547. The maximum absolute atomic E-state index is 12.2. The number of nitrogens with zero attached hydrogens (tertiary/aromatic N) is 3. The van der Waals surface area contributed by atoms with E-state index in [1.807, 2.05) is 55.5 Å². The maximum Gasteiger partial charge on any atom is 0.191 e. The van der Waals surface area contributed by atoms with Crippen molar-refractivity contribution in [3.63, 3.8) is 0 Å². The predicted molar refractivity (Wildman–Crippen MR) is 116 cm³/mol. The fourth-order valence-electron chi connectivity index (χ4n) is 3.10. The number of imidazole rings is 1. The van der Waals surface area contributed by atoms with Crippen molar-refractivity contribution in [1.29, 1.82) is 0 Å². The first-order valence-corrected chi connectivity index (χ1v) is 10.8. The SMILES string of the molecule is CN=C(NCCCn1c(C)nc2ccccc21)NCCS(=O)c1ccccc1. The number of benzene rings is 2. The summed E-state index contributed by atoms with van der Waals surface area (Å²) in [6.07, 6.45) is 0.956. The van der Waals surface area contributed by atoms with E-state index in [2.05, 4.69) is 31.2 Å². The molecule has 6 nitrogen and oxygen atoms in total. The Kier molecular flexibility index (Phi) is 7.19. The van der Waals surface area contributed by atoms with Crippen LogP contribution in [0.5, 0.6) is 0 Å². The third-order valence-corrected chi connectivity index (χ3v) is 5.88. The first kappa shape index (κ1) is 20.1. The maximum atomic E-state index is 12.2. The van der Waals surface area contributed by atoms with Gasteiger partial charge in [0.05, 0.1) is 21.8 Å². The van der Waals surface area contributed by atoms with Gasteiger partial charge in [-0.25, -0.2) is 4.98 Å². The lowest BCUT2D eigenvalue weighted by atomic mass is 10.3. The third-order valence-electron chi connectivity index (χ3n) is 4.51. The second-order valence-electron chi connectivity index (χ2n) is 6.44. The molecule has 7 heteroatoms. The van der Waals surface area contributed by atoms with Crippen LogP contribution in [0.3, 0.4) is 0 Å². The van der Waals surface area contributed by atoms with Crippen molar-refractivity contribution in [2.45, 2.75) is 24.8 Å². The summed E-state index contributed by atoms with van der Waals surface area (Å²) in [7, 11) is 0.746. The number of fused-ring (bicyclic) bond motifs is 1. The molecule has 1 unspecified atom stereocenters. The minimum atomic E-state index is -1.00. The van der Waals surface area contributed by atoms with E-state index in [1.165, 1.54) is 5.52 Å². The molecule has 0 aliphatic rings. The van der Waals surface area contributed by atoms with Crippen molar-refractivity contribution < 1.29 is 4.21 Å². The molecule has 1 atom stereocenters. The lowest BCUT2D eigenvalue weighted by molar-refractivity contribution is 0.625. The molecule has 0 radical (unpaired) electrons. The topological polar surface area (TPSA) is 71.3 Å². The number of aliphatic imine (C=N–C) groups is 1. The van der Waals surface area contributed by atoms with Gasteiger partial charge in [0, 0.05) is 37.3 Å². The molecule has 3 rings (SSSR count). The van der Waals surface area contributed by atoms with Gasteiger partial charge >= 0.3 is 0 Å². The summed E-state index contributed by atoms with van der Waals surface area (Å²) in [5.41, 5.74) is 2.21. The van der Waals surface area contributed by atoms with E-state index in [9.17, 15) is 4.21 Å². The number of hydrogen-bond acceptors (Lipinski definition) is 3. The molecule has 0 saturated carbocycles. The third kappa shape index (κ3) is 5.19. The van der Waals surface area contributed by atoms with E-state index >= 15 is 0 Å². The fourth-order valence-corrected chi connectivity index (χ4v) is 4.08. The van der Waals surface area contributed by atoms with Gasteiger partial charge < -0.3 is 15.2 Å². The normalized spacial score (nSPS) is 12.9. The van der Waals surface area contributed by atoms with Crippen LogP contribution in [0, 0.1) is 6.92 Å². The summed E-state index contributed by atoms with van der Waals surface area (Å²) < 4.78 is 14.5. The van der Waals surface area contributed by atoms with E-state index < -0.39 is 10.8 Å². The first-order valence-electron chi connectivity index (χ1n) is 9.49. The van der Waals surface area contributed by atoms with Gasteiger partial charge in [0.15, 0.2) is 5.96 Å². The van der Waals surface area contributed by atoms with Gasteiger partial charge in [0.25, 0.3) is 0 Å². The number of para-hydroxylation sites is 2. The molecule has 0 aliphatic carbocycles. The van der Waals surface area contributed by atoms with E-state index in [0.29, 0.717) is 12.3 Å². The standard InChI is InChI=1S/C21H27N5OS/c1-17-25-19-11-6-7-12-20(19)26(17)15-8-13-23-21(22-2)24-14-16-28(27)18-9-4-3-5-10-18/h3-7,9-12H,8,13-16H2,1-2H3,(H2,22,23,24). The Hall–Kier alpha value is -2.67. The molecule has 28 heavy (non-hydrogen) atoms. The molecule has 0 fully saturated rings. The number of hydrogen-bond donors (Lipinski definition) is 2. The molecule has 2 N–H and O–H groups in total. The number of aromatic nitrogens is 2. The smallest absolute Gasteiger partial charge is 0.191 e. The molecule has 1 heterocycles. The molecule has 0 bridgehead atoms. The number of guanidine groups is 1. The molecule has 3 aromatic rings. The summed E-state index contributed by atoms with van der Waals surface area (Å²) >= 11 is 0. The average molecular weight is 398 g/mol.